The van der Waals surface area contributed by atoms with Crippen LogP contribution in [-0.4, -0.2) is 16.6 Å². The minimum Gasteiger partial charge on any atom is -0.457 e. The van der Waals surface area contributed by atoms with Crippen LogP contribution in [0.4, 0.5) is 23.2 Å². The molecular formula is C17H19F4N5O. The van der Waals surface area contributed by atoms with E-state index in [0.717, 1.165) is 22.8 Å². The Labute approximate surface area is 153 Å². The van der Waals surface area contributed by atoms with Crippen molar-refractivity contribution in [2.45, 2.75) is 25.9 Å². The topological polar surface area (TPSA) is 90.3 Å². The van der Waals surface area contributed by atoms with Crippen molar-refractivity contribution in [3.8, 4) is 6.01 Å². The molecule has 0 saturated carbocycles. The molecule has 0 saturated heterocycles. The Morgan fingerprint density at radius 3 is 2.44 bits per heavy atom. The number of alkyl halides is 3. The van der Waals surface area contributed by atoms with Crippen LogP contribution in [0.25, 0.3) is 0 Å². The molecule has 0 atom stereocenters. The normalized spacial score (nSPS) is 12.4. The number of hydrogen-bond acceptors (Lipinski definition) is 6. The third kappa shape index (κ3) is 5.55. The number of aromatic nitrogens is 2. The summed E-state index contributed by atoms with van der Waals surface area (Å²) in [6, 6.07) is 2.47. The summed E-state index contributed by atoms with van der Waals surface area (Å²) >= 11 is 0. The molecule has 10 heteroatoms. The summed E-state index contributed by atoms with van der Waals surface area (Å²) in [6.07, 6.45) is -0.423. The zero-order valence-corrected chi connectivity index (χ0v) is 14.7. The van der Waals surface area contributed by atoms with Crippen molar-refractivity contribution in [3.63, 3.8) is 0 Å². The van der Waals surface area contributed by atoms with Gasteiger partial charge in [0, 0.05) is 18.6 Å². The lowest BCUT2D eigenvalue weighted by Gasteiger charge is -2.17. The Kier molecular flexibility index (Phi) is 6.21. The zero-order chi connectivity index (χ0) is 20.2. The van der Waals surface area contributed by atoms with E-state index >= 15 is 0 Å². The Bertz CT molecular complexity index is 806. The number of benzene rings is 1. The smallest absolute Gasteiger partial charge is 0.419 e. The molecule has 0 unspecified atom stereocenters. The van der Waals surface area contributed by atoms with E-state index in [1.165, 1.54) is 0 Å². The maximum absolute atomic E-state index is 13.3. The van der Waals surface area contributed by atoms with Crippen LogP contribution >= 0.6 is 0 Å². The molecule has 1 aromatic heterocycles. The van der Waals surface area contributed by atoms with E-state index in [-0.39, 0.29) is 29.9 Å². The van der Waals surface area contributed by atoms with E-state index in [1.807, 2.05) is 13.8 Å². The zero-order valence-electron chi connectivity index (χ0n) is 14.7. The first-order chi connectivity index (χ1) is 12.6. The van der Waals surface area contributed by atoms with Gasteiger partial charge in [-0.2, -0.15) is 13.2 Å². The second kappa shape index (κ2) is 8.21. The average Bonchev–Trinajstić information content (AvgIpc) is 2.59. The Morgan fingerprint density at radius 1 is 1.26 bits per heavy atom. The molecule has 27 heavy (non-hydrogen) atoms. The largest absolute Gasteiger partial charge is 0.457 e. The monoisotopic (exact) mass is 385 g/mol. The summed E-state index contributed by atoms with van der Waals surface area (Å²) in [7, 11) is 0. The van der Waals surface area contributed by atoms with Crippen molar-refractivity contribution < 1.29 is 22.3 Å². The molecule has 4 N–H and O–H groups in total. The number of rotatable bonds is 6. The van der Waals surface area contributed by atoms with Crippen molar-refractivity contribution in [3.05, 3.63) is 59.4 Å². The van der Waals surface area contributed by atoms with Gasteiger partial charge in [-0.25, -0.2) is 20.2 Å². The number of nitrogens with two attached hydrogens (primary N) is 2. The highest BCUT2D eigenvalue weighted by molar-refractivity contribution is 5.51. The van der Waals surface area contributed by atoms with Gasteiger partial charge in [0.05, 0.1) is 16.9 Å². The fraction of sp³-hybridized carbons (Fsp3) is 0.294. The van der Waals surface area contributed by atoms with Gasteiger partial charge in [0.15, 0.2) is 0 Å². The maximum atomic E-state index is 13.3. The summed E-state index contributed by atoms with van der Waals surface area (Å²) in [5.74, 6) is 4.56. The number of hydrogen-bond donors (Lipinski definition) is 2. The third-order valence-electron chi connectivity index (χ3n) is 3.54. The van der Waals surface area contributed by atoms with Crippen LogP contribution in [0.3, 0.4) is 0 Å². The fourth-order valence-electron chi connectivity index (χ4n) is 2.03. The molecule has 0 spiro atoms. The Hall–Kier alpha value is -2.88. The molecule has 146 valence electrons. The summed E-state index contributed by atoms with van der Waals surface area (Å²) in [5.41, 5.74) is 5.29. The molecule has 0 fully saturated rings. The molecule has 0 aliphatic carbocycles. The van der Waals surface area contributed by atoms with Gasteiger partial charge in [0.2, 0.25) is 0 Å². The molecule has 0 aliphatic heterocycles. The van der Waals surface area contributed by atoms with Gasteiger partial charge in [0.25, 0.3) is 0 Å². The van der Waals surface area contributed by atoms with Gasteiger partial charge in [-0.3, -0.25) is 5.01 Å². The lowest BCUT2D eigenvalue weighted by atomic mass is 10.1. The predicted octanol–water partition coefficient (Wildman–Crippen LogP) is 3.32. The Balaban J connectivity index is 2.05. The van der Waals surface area contributed by atoms with Crippen LogP contribution in [0.5, 0.6) is 6.01 Å². The van der Waals surface area contributed by atoms with Crippen molar-refractivity contribution in [1.82, 2.24) is 9.97 Å². The number of ether oxygens (including phenoxy) is 1. The van der Waals surface area contributed by atoms with Crippen molar-refractivity contribution >= 4 is 5.69 Å². The highest BCUT2D eigenvalue weighted by Crippen LogP contribution is 2.33. The third-order valence-corrected chi connectivity index (χ3v) is 3.54. The highest BCUT2D eigenvalue weighted by Gasteiger charge is 2.34. The van der Waals surface area contributed by atoms with Crippen LogP contribution < -0.4 is 21.3 Å². The number of halogens is 4. The van der Waals surface area contributed by atoms with E-state index in [1.54, 1.807) is 12.4 Å². The molecule has 2 rings (SSSR count). The lowest BCUT2D eigenvalue weighted by molar-refractivity contribution is -0.139. The highest BCUT2D eigenvalue weighted by atomic mass is 19.4. The summed E-state index contributed by atoms with van der Waals surface area (Å²) < 4.78 is 56.9. The SMILES string of the molecule is CC(C)c1cnc(OC/C(N)=C/N(N)c2ccc(F)c(C(F)(F)F)c2)nc1. The molecule has 6 nitrogen and oxygen atoms in total. The van der Waals surface area contributed by atoms with Gasteiger partial charge in [-0.15, -0.1) is 0 Å². The fourth-order valence-corrected chi connectivity index (χ4v) is 2.03. The van der Waals surface area contributed by atoms with Gasteiger partial charge in [-0.1, -0.05) is 13.8 Å². The molecule has 0 amide bonds. The number of nitrogens with zero attached hydrogens (tertiary/aromatic N) is 3. The Morgan fingerprint density at radius 2 is 1.89 bits per heavy atom. The van der Waals surface area contributed by atoms with E-state index < -0.39 is 17.6 Å². The average molecular weight is 385 g/mol. The molecule has 0 radical (unpaired) electrons. The van der Waals surface area contributed by atoms with Crippen molar-refractivity contribution in [2.24, 2.45) is 11.6 Å². The van der Waals surface area contributed by atoms with Gasteiger partial charge in [-0.05, 0) is 29.7 Å². The second-order valence-electron chi connectivity index (χ2n) is 6.02. The van der Waals surface area contributed by atoms with E-state index in [9.17, 15) is 17.6 Å². The van der Waals surface area contributed by atoms with E-state index in [4.69, 9.17) is 16.3 Å². The summed E-state index contributed by atoms with van der Waals surface area (Å²) in [4.78, 5) is 8.06. The quantitative estimate of drug-likeness (QED) is 0.450. The van der Waals surface area contributed by atoms with Crippen molar-refractivity contribution in [2.75, 3.05) is 11.6 Å². The molecule has 2 aromatic rings. The van der Waals surface area contributed by atoms with Crippen LogP contribution in [0.1, 0.15) is 30.9 Å². The minimum absolute atomic E-state index is 0.0933. The van der Waals surface area contributed by atoms with Gasteiger partial charge in [0.1, 0.15) is 12.4 Å². The molecule has 1 aromatic carbocycles. The van der Waals surface area contributed by atoms with Gasteiger partial charge < -0.3 is 10.5 Å². The first-order valence-corrected chi connectivity index (χ1v) is 7.89. The number of anilines is 1. The van der Waals surface area contributed by atoms with E-state index in [0.29, 0.717) is 12.1 Å². The standard InChI is InChI=1S/C17H19F4N5O/c1-10(2)11-6-24-16(25-7-11)27-9-12(22)8-26(23)13-3-4-15(18)14(5-13)17(19,20)21/h3-8,10H,9,22-23H2,1-2H3/b12-8-. The van der Waals surface area contributed by atoms with E-state index in [2.05, 4.69) is 9.97 Å². The molecule has 0 aliphatic rings. The molecular weight excluding hydrogens is 366 g/mol. The molecule has 1 heterocycles. The first-order valence-electron chi connectivity index (χ1n) is 7.89. The lowest BCUT2D eigenvalue weighted by Crippen LogP contribution is -2.27. The van der Waals surface area contributed by atoms with Crippen LogP contribution in [0, 0.1) is 5.82 Å². The number of hydrazine groups is 1. The predicted molar refractivity (Wildman–Crippen MR) is 92.0 cm³/mol. The van der Waals surface area contributed by atoms with Gasteiger partial charge >= 0.3 is 12.2 Å². The summed E-state index contributed by atoms with van der Waals surface area (Å²) in [6.45, 7) is 3.85. The minimum atomic E-state index is -4.83. The van der Waals surface area contributed by atoms with Crippen LogP contribution in [0.15, 0.2) is 42.5 Å². The molecule has 0 bridgehead atoms. The summed E-state index contributed by atoms with van der Waals surface area (Å²) in [5, 5.41) is 0.843. The van der Waals surface area contributed by atoms with Crippen LogP contribution in [-0.2, 0) is 6.18 Å². The second-order valence-corrected chi connectivity index (χ2v) is 6.02. The van der Waals surface area contributed by atoms with Crippen molar-refractivity contribution in [1.29, 1.82) is 0 Å². The first kappa shape index (κ1) is 20.4. The maximum Gasteiger partial charge on any atom is 0.419 e. The van der Waals surface area contributed by atoms with Crippen LogP contribution in [0.2, 0.25) is 0 Å².